The monoisotopic (exact) mass is 235 g/mol. The number of halogens is 1. The Bertz CT molecular complexity index is 308. The third-order valence-corrected chi connectivity index (χ3v) is 2.27. The van der Waals surface area contributed by atoms with Crippen LogP contribution < -0.4 is 0 Å². The molecule has 1 heterocycles. The lowest BCUT2D eigenvalue weighted by atomic mass is 10.3. The van der Waals surface area contributed by atoms with Crippen molar-refractivity contribution in [1.82, 2.24) is 4.98 Å². The fraction of sp³-hybridized carbons (Fsp3) is 0. The summed E-state index contributed by atoms with van der Waals surface area (Å²) in [6.07, 6.45) is 0. The lowest BCUT2D eigenvalue weighted by Crippen LogP contribution is -2.12. The molecule has 1 aromatic heterocycles. The molecule has 0 unspecified atom stereocenters. The van der Waals surface area contributed by atoms with E-state index in [1.165, 1.54) is 16.7 Å². The van der Waals surface area contributed by atoms with Gasteiger partial charge in [0.05, 0.1) is 0 Å². The molecule has 1 N–H and O–H groups in total. The van der Waals surface area contributed by atoms with Crippen molar-refractivity contribution in [3.05, 3.63) is 15.0 Å². The lowest BCUT2D eigenvalue weighted by molar-refractivity contribution is -0.131. The van der Waals surface area contributed by atoms with Crippen LogP contribution in [0.1, 0.15) is 10.5 Å². The molecule has 0 aliphatic heterocycles. The summed E-state index contributed by atoms with van der Waals surface area (Å²) in [6.45, 7) is 0. The van der Waals surface area contributed by atoms with Gasteiger partial charge in [0, 0.05) is 5.38 Å². The van der Waals surface area contributed by atoms with Crippen molar-refractivity contribution in [2.45, 2.75) is 0 Å². The minimum absolute atomic E-state index is 0.0330. The first-order valence-corrected chi connectivity index (χ1v) is 4.17. The molecule has 58 valence electrons. The van der Waals surface area contributed by atoms with Gasteiger partial charge in [0.1, 0.15) is 5.69 Å². The molecule has 0 saturated carbocycles. The van der Waals surface area contributed by atoms with Gasteiger partial charge >= 0.3 is 5.97 Å². The van der Waals surface area contributed by atoms with Crippen molar-refractivity contribution in [2.75, 3.05) is 0 Å². The standard InChI is InChI=1S/C5H2BrNO3S/c6-5-7-2(1-11-5)3(8)4(9)10/h1H,(H,9,10). The Hall–Kier alpha value is -0.750. The molecular formula is C5H2BrNO3S. The third-order valence-electron chi connectivity index (χ3n) is 0.903. The van der Waals surface area contributed by atoms with E-state index in [1.54, 1.807) is 0 Å². The average molecular weight is 236 g/mol. The van der Waals surface area contributed by atoms with Crippen LogP contribution in [0.5, 0.6) is 0 Å². The molecule has 11 heavy (non-hydrogen) atoms. The normalized spacial score (nSPS) is 9.55. The largest absolute Gasteiger partial charge is 0.475 e. The molecule has 0 aliphatic carbocycles. The molecule has 0 fully saturated rings. The smallest absolute Gasteiger partial charge is 0.378 e. The van der Waals surface area contributed by atoms with Crippen LogP contribution in [0.15, 0.2) is 9.30 Å². The van der Waals surface area contributed by atoms with Crippen molar-refractivity contribution < 1.29 is 14.7 Å². The van der Waals surface area contributed by atoms with Crippen LogP contribution in [0.4, 0.5) is 0 Å². The van der Waals surface area contributed by atoms with Gasteiger partial charge in [0.2, 0.25) is 0 Å². The van der Waals surface area contributed by atoms with Crippen molar-refractivity contribution in [2.24, 2.45) is 0 Å². The summed E-state index contributed by atoms with van der Waals surface area (Å²) in [5.74, 6) is -2.46. The maximum absolute atomic E-state index is 10.7. The summed E-state index contributed by atoms with van der Waals surface area (Å²) in [7, 11) is 0. The van der Waals surface area contributed by atoms with Crippen LogP contribution in [0, 0.1) is 0 Å². The first-order chi connectivity index (χ1) is 5.11. The van der Waals surface area contributed by atoms with Gasteiger partial charge in [-0.15, -0.1) is 11.3 Å². The van der Waals surface area contributed by atoms with Crippen molar-refractivity contribution in [3.8, 4) is 0 Å². The number of thiazole rings is 1. The van der Waals surface area contributed by atoms with Gasteiger partial charge in [0.15, 0.2) is 3.92 Å². The van der Waals surface area contributed by atoms with E-state index in [4.69, 9.17) is 5.11 Å². The molecule has 4 nitrogen and oxygen atoms in total. The van der Waals surface area contributed by atoms with E-state index in [2.05, 4.69) is 20.9 Å². The predicted octanol–water partition coefficient (Wildman–Crippen LogP) is 1.17. The molecule has 6 heteroatoms. The fourth-order valence-corrected chi connectivity index (χ4v) is 1.46. The maximum Gasteiger partial charge on any atom is 0.378 e. The number of carbonyl (C=O) groups is 2. The van der Waals surface area contributed by atoms with Gasteiger partial charge in [0.25, 0.3) is 5.78 Å². The third kappa shape index (κ3) is 1.84. The Morgan fingerprint density at radius 1 is 1.64 bits per heavy atom. The highest BCUT2D eigenvalue weighted by Crippen LogP contribution is 2.15. The van der Waals surface area contributed by atoms with Crippen molar-refractivity contribution in [1.29, 1.82) is 0 Å². The minimum Gasteiger partial charge on any atom is -0.475 e. The molecule has 0 amide bonds. The van der Waals surface area contributed by atoms with E-state index in [-0.39, 0.29) is 5.69 Å². The number of aromatic nitrogens is 1. The number of aliphatic carboxylic acids is 1. The summed E-state index contributed by atoms with van der Waals surface area (Å²) >= 11 is 4.18. The van der Waals surface area contributed by atoms with E-state index < -0.39 is 11.8 Å². The number of carbonyl (C=O) groups excluding carboxylic acids is 1. The molecule has 1 aromatic rings. The number of rotatable bonds is 2. The first kappa shape index (κ1) is 8.35. The SMILES string of the molecule is O=C(O)C(=O)c1csc(Br)n1. The summed E-state index contributed by atoms with van der Waals surface area (Å²) in [5.41, 5.74) is -0.0330. The summed E-state index contributed by atoms with van der Waals surface area (Å²) in [4.78, 5) is 24.4. The summed E-state index contributed by atoms with van der Waals surface area (Å²) in [6, 6.07) is 0. The minimum atomic E-state index is -1.48. The van der Waals surface area contributed by atoms with Gasteiger partial charge in [-0.25, -0.2) is 9.78 Å². The van der Waals surface area contributed by atoms with Crippen LogP contribution in [-0.2, 0) is 4.79 Å². The Morgan fingerprint density at radius 3 is 2.64 bits per heavy atom. The molecule has 0 atom stereocenters. The number of Topliss-reactive ketones (excluding diaryl/α,β-unsaturated/α-hetero) is 1. The summed E-state index contributed by atoms with van der Waals surface area (Å²) < 4.78 is 0.502. The molecule has 0 saturated heterocycles. The van der Waals surface area contributed by atoms with Crippen LogP contribution in [-0.4, -0.2) is 21.8 Å². The number of carboxylic acids is 1. The average Bonchev–Trinajstić information content (AvgIpc) is 2.34. The molecule has 0 aliphatic rings. The second kappa shape index (κ2) is 3.10. The van der Waals surface area contributed by atoms with Gasteiger partial charge in [-0.3, -0.25) is 4.79 Å². The number of hydrogen-bond donors (Lipinski definition) is 1. The number of nitrogens with zero attached hydrogens (tertiary/aromatic N) is 1. The van der Waals surface area contributed by atoms with Crippen LogP contribution in [0.2, 0.25) is 0 Å². The van der Waals surface area contributed by atoms with E-state index in [9.17, 15) is 9.59 Å². The molecular weight excluding hydrogens is 234 g/mol. The fourth-order valence-electron chi connectivity index (χ4n) is 0.466. The highest BCUT2D eigenvalue weighted by atomic mass is 79.9. The van der Waals surface area contributed by atoms with E-state index in [0.29, 0.717) is 3.92 Å². The summed E-state index contributed by atoms with van der Waals surface area (Å²) in [5, 5.41) is 9.63. The Labute approximate surface area is 74.0 Å². The Balaban J connectivity index is 2.94. The molecule has 0 aromatic carbocycles. The zero-order valence-corrected chi connectivity index (χ0v) is 7.48. The molecule has 0 radical (unpaired) electrons. The van der Waals surface area contributed by atoms with Crippen molar-refractivity contribution >= 4 is 39.0 Å². The quantitative estimate of drug-likeness (QED) is 0.618. The number of ketones is 1. The van der Waals surface area contributed by atoms with Gasteiger partial charge < -0.3 is 5.11 Å². The van der Waals surface area contributed by atoms with Gasteiger partial charge in [-0.2, -0.15) is 0 Å². The first-order valence-electron chi connectivity index (χ1n) is 2.50. The highest BCUT2D eigenvalue weighted by Gasteiger charge is 2.17. The Kier molecular flexibility index (Phi) is 2.35. The van der Waals surface area contributed by atoms with Gasteiger partial charge in [-0.05, 0) is 15.9 Å². The maximum atomic E-state index is 10.7. The van der Waals surface area contributed by atoms with Crippen molar-refractivity contribution in [3.63, 3.8) is 0 Å². The van der Waals surface area contributed by atoms with Crippen LogP contribution >= 0.6 is 27.3 Å². The molecule has 1 rings (SSSR count). The van der Waals surface area contributed by atoms with E-state index in [0.717, 1.165) is 0 Å². The van der Waals surface area contributed by atoms with E-state index in [1.807, 2.05) is 0 Å². The number of carboxylic acid groups (broad SMARTS) is 1. The number of hydrogen-bond acceptors (Lipinski definition) is 4. The topological polar surface area (TPSA) is 67.3 Å². The lowest BCUT2D eigenvalue weighted by Gasteiger charge is -1.84. The zero-order valence-electron chi connectivity index (χ0n) is 5.07. The predicted molar refractivity (Wildman–Crippen MR) is 41.8 cm³/mol. The van der Waals surface area contributed by atoms with Crippen LogP contribution in [0.3, 0.4) is 0 Å². The second-order valence-corrected chi connectivity index (χ2v) is 3.75. The molecule has 0 spiro atoms. The van der Waals surface area contributed by atoms with Gasteiger partial charge in [-0.1, -0.05) is 0 Å². The van der Waals surface area contributed by atoms with Crippen LogP contribution in [0.25, 0.3) is 0 Å². The molecule has 0 bridgehead atoms. The zero-order chi connectivity index (χ0) is 8.43. The van der Waals surface area contributed by atoms with E-state index >= 15 is 0 Å². The Morgan fingerprint density at radius 2 is 2.27 bits per heavy atom. The highest BCUT2D eigenvalue weighted by molar-refractivity contribution is 9.11. The second-order valence-electron chi connectivity index (χ2n) is 1.62.